The molecule has 7 heteroatoms. The molecule has 31 heavy (non-hydrogen) atoms. The van der Waals surface area contributed by atoms with E-state index in [-0.39, 0.29) is 17.7 Å². The van der Waals surface area contributed by atoms with Crippen molar-refractivity contribution in [3.05, 3.63) is 75.2 Å². The minimum atomic E-state index is -0.856. The van der Waals surface area contributed by atoms with E-state index in [0.717, 1.165) is 17.4 Å². The van der Waals surface area contributed by atoms with Crippen LogP contribution < -0.4 is 16.0 Å². The fraction of sp³-hybridized carbons (Fsp3) is 0.375. The molecule has 0 amide bonds. The lowest BCUT2D eigenvalue weighted by Gasteiger charge is -2.44. The molecule has 0 aliphatic heterocycles. The number of pyridine rings is 1. The topological polar surface area (TPSA) is 68.1 Å². The maximum absolute atomic E-state index is 14.0. The van der Waals surface area contributed by atoms with Crippen molar-refractivity contribution < 1.29 is 13.5 Å². The Morgan fingerprint density at radius 3 is 2.61 bits per heavy atom. The molecular formula is C24H25ClF2N2O2. The summed E-state index contributed by atoms with van der Waals surface area (Å²) in [5.74, 6) is -1.17. The summed E-state index contributed by atoms with van der Waals surface area (Å²) in [6.07, 6.45) is 5.04. The van der Waals surface area contributed by atoms with Crippen molar-refractivity contribution in [1.82, 2.24) is 4.98 Å². The molecule has 4 nitrogen and oxygen atoms in total. The van der Waals surface area contributed by atoms with E-state index >= 15 is 0 Å². The van der Waals surface area contributed by atoms with Crippen LogP contribution in [0.25, 0.3) is 10.8 Å². The number of halogens is 3. The largest absolute Gasteiger partial charge is 0.489 e. The van der Waals surface area contributed by atoms with E-state index in [9.17, 15) is 13.6 Å². The molecule has 1 aromatic heterocycles. The third kappa shape index (κ3) is 4.06. The van der Waals surface area contributed by atoms with Crippen LogP contribution in [-0.4, -0.2) is 17.1 Å². The molecule has 3 aromatic rings. The van der Waals surface area contributed by atoms with Gasteiger partial charge in [-0.15, -0.1) is 0 Å². The van der Waals surface area contributed by atoms with Gasteiger partial charge in [0, 0.05) is 23.0 Å². The van der Waals surface area contributed by atoms with Gasteiger partial charge in [-0.1, -0.05) is 24.6 Å². The highest BCUT2D eigenvalue weighted by Gasteiger charge is 2.42. The number of benzene rings is 2. The van der Waals surface area contributed by atoms with E-state index in [4.69, 9.17) is 22.1 Å². The number of rotatable bonds is 5. The van der Waals surface area contributed by atoms with Crippen molar-refractivity contribution >= 4 is 22.4 Å². The number of nitrogens with one attached hydrogen (secondary N) is 1. The molecule has 1 fully saturated rings. The molecule has 3 N–H and O–H groups in total. The van der Waals surface area contributed by atoms with Crippen LogP contribution >= 0.6 is 11.6 Å². The predicted octanol–water partition coefficient (Wildman–Crippen LogP) is 5.46. The normalized spacial score (nSPS) is 22.4. The molecule has 1 aliphatic rings. The molecule has 0 saturated heterocycles. The first-order valence-corrected chi connectivity index (χ1v) is 10.9. The van der Waals surface area contributed by atoms with Gasteiger partial charge in [-0.05, 0) is 73.4 Å². The molecule has 1 atom stereocenters. The molecule has 1 aliphatic carbocycles. The van der Waals surface area contributed by atoms with Gasteiger partial charge in [0.05, 0.1) is 11.1 Å². The number of H-pyrrole nitrogens is 1. The molecule has 2 aromatic carbocycles. The standard InChI is InChI=1S/C24H25ClF2N2O2/c1-2-22(28)24(15-3-4-19(26)20(27)12-15)8-5-16(6-9-24)31-21-11-14-7-10-29-23(30)17(14)13-18(21)25/h3-4,7,10-13,16,22H,2,5-6,8-9,28H2,1H3,(H,29,30)/t16-,22-,24-/m1/s1. The number of hydrogen-bond donors (Lipinski definition) is 2. The van der Waals surface area contributed by atoms with Gasteiger partial charge in [0.1, 0.15) is 5.75 Å². The van der Waals surface area contributed by atoms with E-state index < -0.39 is 17.0 Å². The Morgan fingerprint density at radius 2 is 1.94 bits per heavy atom. The predicted molar refractivity (Wildman–Crippen MR) is 119 cm³/mol. The summed E-state index contributed by atoms with van der Waals surface area (Å²) in [5.41, 5.74) is 6.60. The summed E-state index contributed by atoms with van der Waals surface area (Å²) >= 11 is 6.38. The molecule has 1 saturated carbocycles. The van der Waals surface area contributed by atoms with Gasteiger partial charge in [0.25, 0.3) is 5.56 Å². The third-order valence-corrected chi connectivity index (χ3v) is 6.88. The second-order valence-corrected chi connectivity index (χ2v) is 8.70. The summed E-state index contributed by atoms with van der Waals surface area (Å²) in [7, 11) is 0. The molecule has 0 radical (unpaired) electrons. The number of aromatic amines is 1. The smallest absolute Gasteiger partial charge is 0.255 e. The average molecular weight is 447 g/mol. The number of aromatic nitrogens is 1. The van der Waals surface area contributed by atoms with Crippen LogP contribution in [0.4, 0.5) is 8.78 Å². The molecular weight excluding hydrogens is 422 g/mol. The van der Waals surface area contributed by atoms with Crippen LogP contribution in [0.1, 0.15) is 44.6 Å². The zero-order valence-electron chi connectivity index (χ0n) is 17.3. The van der Waals surface area contributed by atoms with Gasteiger partial charge >= 0.3 is 0 Å². The second kappa shape index (κ2) is 8.60. The van der Waals surface area contributed by atoms with Crippen molar-refractivity contribution in [2.75, 3.05) is 0 Å². The van der Waals surface area contributed by atoms with E-state index in [1.807, 2.05) is 6.92 Å². The number of fused-ring (bicyclic) bond motifs is 1. The highest BCUT2D eigenvalue weighted by atomic mass is 35.5. The number of ether oxygens (including phenoxy) is 1. The maximum atomic E-state index is 14.0. The van der Waals surface area contributed by atoms with Crippen molar-refractivity contribution in [3.8, 4) is 5.75 Å². The number of hydrogen-bond acceptors (Lipinski definition) is 3. The Bertz CT molecular complexity index is 1160. The first kappa shape index (κ1) is 21.8. The van der Waals surface area contributed by atoms with Crippen molar-refractivity contribution in [3.63, 3.8) is 0 Å². The summed E-state index contributed by atoms with van der Waals surface area (Å²) < 4.78 is 33.6. The van der Waals surface area contributed by atoms with E-state index in [1.165, 1.54) is 12.1 Å². The Hall–Kier alpha value is -2.44. The quantitative estimate of drug-likeness (QED) is 0.547. The van der Waals surface area contributed by atoms with Crippen LogP contribution in [0, 0.1) is 11.6 Å². The minimum Gasteiger partial charge on any atom is -0.489 e. The van der Waals surface area contributed by atoms with Crippen molar-refractivity contribution in [1.29, 1.82) is 0 Å². The molecule has 4 rings (SSSR count). The highest BCUT2D eigenvalue weighted by molar-refractivity contribution is 6.32. The van der Waals surface area contributed by atoms with E-state index in [2.05, 4.69) is 4.98 Å². The Balaban J connectivity index is 1.56. The second-order valence-electron chi connectivity index (χ2n) is 8.29. The lowest BCUT2D eigenvalue weighted by Crippen LogP contribution is -2.49. The molecule has 0 bridgehead atoms. The minimum absolute atomic E-state index is 0.0839. The summed E-state index contributed by atoms with van der Waals surface area (Å²) in [5, 5.41) is 1.64. The SMILES string of the molecule is CC[C@@H](N)[C@]1(c2ccc(F)c(F)c2)CC[C@@H](Oc2cc3cc[nH]c(=O)c3cc2Cl)CC1. The Labute approximate surface area is 184 Å². The summed E-state index contributed by atoms with van der Waals surface area (Å²) in [6.45, 7) is 2.01. The summed E-state index contributed by atoms with van der Waals surface area (Å²) in [4.78, 5) is 14.6. The first-order chi connectivity index (χ1) is 14.8. The molecule has 0 spiro atoms. The molecule has 0 unspecified atom stereocenters. The van der Waals surface area contributed by atoms with Gasteiger partial charge in [-0.3, -0.25) is 4.79 Å². The van der Waals surface area contributed by atoms with Gasteiger partial charge < -0.3 is 15.5 Å². The maximum Gasteiger partial charge on any atom is 0.255 e. The fourth-order valence-electron chi connectivity index (χ4n) is 4.75. The third-order valence-electron chi connectivity index (χ3n) is 6.59. The van der Waals surface area contributed by atoms with Gasteiger partial charge in [-0.25, -0.2) is 8.78 Å². The summed E-state index contributed by atoms with van der Waals surface area (Å²) in [6, 6.07) is 9.13. The van der Waals surface area contributed by atoms with Gasteiger partial charge in [0.2, 0.25) is 0 Å². The zero-order valence-corrected chi connectivity index (χ0v) is 18.0. The number of nitrogens with two attached hydrogens (primary N) is 1. The monoisotopic (exact) mass is 446 g/mol. The first-order valence-electron chi connectivity index (χ1n) is 10.5. The van der Waals surface area contributed by atoms with Gasteiger partial charge in [-0.2, -0.15) is 0 Å². The van der Waals surface area contributed by atoms with Crippen molar-refractivity contribution in [2.24, 2.45) is 5.73 Å². The lowest BCUT2D eigenvalue weighted by molar-refractivity contribution is 0.103. The fourth-order valence-corrected chi connectivity index (χ4v) is 4.96. The van der Waals surface area contributed by atoms with Crippen LogP contribution in [0.3, 0.4) is 0 Å². The Kier molecular flexibility index (Phi) is 6.04. The highest BCUT2D eigenvalue weighted by Crippen LogP contribution is 2.44. The molecule has 1 heterocycles. The molecule has 164 valence electrons. The van der Waals surface area contributed by atoms with Crippen LogP contribution in [0.15, 0.2) is 47.4 Å². The van der Waals surface area contributed by atoms with E-state index in [0.29, 0.717) is 41.8 Å². The van der Waals surface area contributed by atoms with Crippen LogP contribution in [0.2, 0.25) is 5.02 Å². The van der Waals surface area contributed by atoms with Crippen molar-refractivity contribution in [2.45, 2.75) is 56.6 Å². The average Bonchev–Trinajstić information content (AvgIpc) is 2.77. The van der Waals surface area contributed by atoms with E-state index in [1.54, 1.807) is 30.5 Å². The van der Waals surface area contributed by atoms with Gasteiger partial charge in [0.15, 0.2) is 11.6 Å². The van der Waals surface area contributed by atoms with Crippen LogP contribution in [0.5, 0.6) is 5.75 Å². The zero-order chi connectivity index (χ0) is 22.2. The lowest BCUT2D eigenvalue weighted by atomic mass is 9.64. The van der Waals surface area contributed by atoms with Crippen LogP contribution in [-0.2, 0) is 5.41 Å². The Morgan fingerprint density at radius 1 is 1.19 bits per heavy atom.